The van der Waals surface area contributed by atoms with E-state index >= 15 is 0 Å². The molecule has 1 aromatic carbocycles. The van der Waals surface area contributed by atoms with Crippen molar-refractivity contribution >= 4 is 5.91 Å². The normalized spacial score (nSPS) is 20.6. The summed E-state index contributed by atoms with van der Waals surface area (Å²) in [6.45, 7) is 13.3. The van der Waals surface area contributed by atoms with Gasteiger partial charge in [0.2, 0.25) is 0 Å². The van der Waals surface area contributed by atoms with Gasteiger partial charge < -0.3 is 14.1 Å². The average Bonchev–Trinajstić information content (AvgIpc) is 3.08. The second kappa shape index (κ2) is 8.50. The Hall–Kier alpha value is -2.11. The molecule has 2 aromatic rings. The van der Waals surface area contributed by atoms with Crippen LogP contribution in [0.1, 0.15) is 56.5 Å². The fourth-order valence-corrected chi connectivity index (χ4v) is 3.60. The number of carbonyl (C=O) groups is 1. The van der Waals surface area contributed by atoms with Crippen LogP contribution in [0.4, 0.5) is 0 Å². The molecule has 0 bridgehead atoms. The SMILES string of the molecule is C[C@@H]1CN(C(=O)c2ccc(CN(Cc3ccccc3)C(C)(C)C)o2)C[C@@H](C)O1. The Morgan fingerprint density at radius 1 is 1.04 bits per heavy atom. The van der Waals surface area contributed by atoms with Crippen molar-refractivity contribution in [3.05, 3.63) is 59.5 Å². The number of benzene rings is 1. The molecule has 0 spiro atoms. The zero-order chi connectivity index (χ0) is 20.3. The monoisotopic (exact) mass is 384 g/mol. The Balaban J connectivity index is 1.70. The quantitative estimate of drug-likeness (QED) is 0.770. The number of amides is 1. The molecular weight excluding hydrogens is 352 g/mol. The summed E-state index contributed by atoms with van der Waals surface area (Å²) in [5, 5.41) is 0. The van der Waals surface area contributed by atoms with Crippen LogP contribution in [0.5, 0.6) is 0 Å². The predicted molar refractivity (Wildman–Crippen MR) is 110 cm³/mol. The molecule has 28 heavy (non-hydrogen) atoms. The minimum absolute atomic E-state index is 0.0259. The van der Waals surface area contributed by atoms with Crippen LogP contribution in [0.3, 0.4) is 0 Å². The van der Waals surface area contributed by atoms with Gasteiger partial charge in [-0.15, -0.1) is 0 Å². The van der Waals surface area contributed by atoms with Gasteiger partial charge in [-0.3, -0.25) is 9.69 Å². The van der Waals surface area contributed by atoms with E-state index in [-0.39, 0.29) is 23.7 Å². The summed E-state index contributed by atoms with van der Waals surface area (Å²) in [7, 11) is 0. The van der Waals surface area contributed by atoms with E-state index in [4.69, 9.17) is 9.15 Å². The minimum Gasteiger partial charge on any atom is -0.455 e. The molecule has 1 fully saturated rings. The van der Waals surface area contributed by atoms with Gasteiger partial charge in [-0.05, 0) is 52.3 Å². The third-order valence-corrected chi connectivity index (χ3v) is 5.09. The van der Waals surface area contributed by atoms with E-state index in [2.05, 4.69) is 49.9 Å². The van der Waals surface area contributed by atoms with Crippen molar-refractivity contribution in [2.75, 3.05) is 13.1 Å². The van der Waals surface area contributed by atoms with Gasteiger partial charge in [-0.1, -0.05) is 30.3 Å². The third kappa shape index (κ3) is 5.24. The highest BCUT2D eigenvalue weighted by atomic mass is 16.5. The van der Waals surface area contributed by atoms with E-state index in [9.17, 15) is 4.79 Å². The van der Waals surface area contributed by atoms with E-state index in [1.807, 2.05) is 30.9 Å². The molecule has 5 heteroatoms. The zero-order valence-corrected chi connectivity index (χ0v) is 17.6. The molecule has 1 saturated heterocycles. The number of furan rings is 1. The first-order valence-corrected chi connectivity index (χ1v) is 10.0. The number of morpholine rings is 1. The van der Waals surface area contributed by atoms with Crippen molar-refractivity contribution in [1.82, 2.24) is 9.80 Å². The second-order valence-corrected chi connectivity index (χ2v) is 8.75. The number of ether oxygens (including phenoxy) is 1. The van der Waals surface area contributed by atoms with Gasteiger partial charge in [0.15, 0.2) is 5.76 Å². The van der Waals surface area contributed by atoms with Crippen molar-refractivity contribution in [3.8, 4) is 0 Å². The highest BCUT2D eigenvalue weighted by Gasteiger charge is 2.29. The molecule has 5 nitrogen and oxygen atoms in total. The van der Waals surface area contributed by atoms with Gasteiger partial charge in [0.25, 0.3) is 5.91 Å². The molecule has 0 radical (unpaired) electrons. The van der Waals surface area contributed by atoms with Gasteiger partial charge in [0.05, 0.1) is 18.8 Å². The molecule has 0 aliphatic carbocycles. The molecule has 0 N–H and O–H groups in total. The Morgan fingerprint density at radius 3 is 2.29 bits per heavy atom. The zero-order valence-electron chi connectivity index (χ0n) is 17.6. The first kappa shape index (κ1) is 20.6. The molecule has 3 rings (SSSR count). The second-order valence-electron chi connectivity index (χ2n) is 8.75. The summed E-state index contributed by atoms with van der Waals surface area (Å²) in [5.41, 5.74) is 1.23. The van der Waals surface area contributed by atoms with Crippen molar-refractivity contribution < 1.29 is 13.9 Å². The molecule has 2 heterocycles. The Bertz CT molecular complexity index is 769. The van der Waals surface area contributed by atoms with E-state index in [0.29, 0.717) is 25.4 Å². The lowest BCUT2D eigenvalue weighted by Gasteiger charge is -2.35. The first-order chi connectivity index (χ1) is 13.2. The Morgan fingerprint density at radius 2 is 1.68 bits per heavy atom. The summed E-state index contributed by atoms with van der Waals surface area (Å²) < 4.78 is 11.7. The van der Waals surface area contributed by atoms with Crippen molar-refractivity contribution in [3.63, 3.8) is 0 Å². The van der Waals surface area contributed by atoms with E-state index < -0.39 is 0 Å². The largest absolute Gasteiger partial charge is 0.455 e. The van der Waals surface area contributed by atoms with E-state index in [1.165, 1.54) is 5.56 Å². The maximum atomic E-state index is 12.8. The lowest BCUT2D eigenvalue weighted by atomic mass is 10.0. The summed E-state index contributed by atoms with van der Waals surface area (Å²) in [6, 6.07) is 14.1. The van der Waals surface area contributed by atoms with Gasteiger partial charge in [0, 0.05) is 25.2 Å². The number of nitrogens with zero attached hydrogens (tertiary/aromatic N) is 2. The van der Waals surface area contributed by atoms with Crippen LogP contribution in [0.15, 0.2) is 46.9 Å². The number of hydrogen-bond acceptors (Lipinski definition) is 4. The summed E-state index contributed by atoms with van der Waals surface area (Å²) >= 11 is 0. The van der Waals surface area contributed by atoms with Crippen LogP contribution >= 0.6 is 0 Å². The van der Waals surface area contributed by atoms with E-state index in [0.717, 1.165) is 12.3 Å². The molecule has 0 unspecified atom stereocenters. The van der Waals surface area contributed by atoms with E-state index in [1.54, 1.807) is 6.07 Å². The van der Waals surface area contributed by atoms with Crippen LogP contribution < -0.4 is 0 Å². The van der Waals surface area contributed by atoms with Crippen molar-refractivity contribution in [2.45, 2.75) is 65.5 Å². The van der Waals surface area contributed by atoms with Crippen LogP contribution in [0, 0.1) is 0 Å². The molecule has 1 aliphatic rings. The minimum atomic E-state index is -0.0568. The van der Waals surface area contributed by atoms with Crippen LogP contribution in [0.2, 0.25) is 0 Å². The smallest absolute Gasteiger partial charge is 0.289 e. The summed E-state index contributed by atoms with van der Waals surface area (Å²) in [4.78, 5) is 17.0. The van der Waals surface area contributed by atoms with Gasteiger partial charge >= 0.3 is 0 Å². The van der Waals surface area contributed by atoms with Gasteiger partial charge in [0.1, 0.15) is 5.76 Å². The molecular formula is C23H32N2O3. The summed E-state index contributed by atoms with van der Waals surface area (Å²) in [6.07, 6.45) is 0.0915. The van der Waals surface area contributed by atoms with Crippen LogP contribution in [-0.4, -0.2) is 46.5 Å². The lowest BCUT2D eigenvalue weighted by molar-refractivity contribution is -0.0592. The number of rotatable bonds is 5. The third-order valence-electron chi connectivity index (χ3n) is 5.09. The maximum absolute atomic E-state index is 12.8. The molecule has 1 amide bonds. The van der Waals surface area contributed by atoms with Crippen molar-refractivity contribution in [2.24, 2.45) is 0 Å². The fourth-order valence-electron chi connectivity index (χ4n) is 3.60. The predicted octanol–water partition coefficient (Wildman–Crippen LogP) is 4.33. The van der Waals surface area contributed by atoms with Gasteiger partial charge in [-0.2, -0.15) is 0 Å². The Kier molecular flexibility index (Phi) is 6.26. The highest BCUT2D eigenvalue weighted by Crippen LogP contribution is 2.23. The molecule has 1 aromatic heterocycles. The lowest BCUT2D eigenvalue weighted by Crippen LogP contribution is -2.48. The average molecular weight is 385 g/mol. The van der Waals surface area contributed by atoms with Crippen LogP contribution in [0.25, 0.3) is 0 Å². The highest BCUT2D eigenvalue weighted by molar-refractivity contribution is 5.91. The topological polar surface area (TPSA) is 45.9 Å². The van der Waals surface area contributed by atoms with Crippen molar-refractivity contribution in [1.29, 1.82) is 0 Å². The molecule has 152 valence electrons. The van der Waals surface area contributed by atoms with Crippen LogP contribution in [-0.2, 0) is 17.8 Å². The maximum Gasteiger partial charge on any atom is 0.289 e. The van der Waals surface area contributed by atoms with Gasteiger partial charge in [-0.25, -0.2) is 0 Å². The molecule has 0 saturated carbocycles. The Labute approximate surface area is 168 Å². The molecule has 1 aliphatic heterocycles. The summed E-state index contributed by atoms with van der Waals surface area (Å²) in [5.74, 6) is 1.16. The first-order valence-electron chi connectivity index (χ1n) is 10.0. The standard InChI is InChI=1S/C23H32N2O3/c1-17-13-24(14-18(2)27-17)22(26)21-12-11-20(28-21)16-25(23(3,4)5)15-19-9-7-6-8-10-19/h6-12,17-18H,13-16H2,1-5H3/t17-,18-/m1/s1. The molecule has 2 atom stereocenters. The number of hydrogen-bond donors (Lipinski definition) is 0. The fraction of sp³-hybridized carbons (Fsp3) is 0.522. The number of carbonyl (C=O) groups excluding carboxylic acids is 1.